The van der Waals surface area contributed by atoms with Crippen LogP contribution in [-0.4, -0.2) is 45.0 Å². The summed E-state index contributed by atoms with van der Waals surface area (Å²) in [5.74, 6) is 2.33. The van der Waals surface area contributed by atoms with E-state index in [0.29, 0.717) is 48.1 Å². The van der Waals surface area contributed by atoms with Gasteiger partial charge in [-0.25, -0.2) is 0 Å². The van der Waals surface area contributed by atoms with Gasteiger partial charge in [-0.2, -0.15) is 0 Å². The molecule has 1 heterocycles. The lowest BCUT2D eigenvalue weighted by molar-refractivity contribution is -0.260. The van der Waals surface area contributed by atoms with Gasteiger partial charge in [0.25, 0.3) is 0 Å². The molecule has 38 heavy (non-hydrogen) atoms. The van der Waals surface area contributed by atoms with E-state index in [-0.39, 0.29) is 40.3 Å². The molecule has 0 aromatic rings. The normalized spacial score (nSPS) is 45.7. The van der Waals surface area contributed by atoms with Crippen molar-refractivity contribution in [3.63, 3.8) is 0 Å². The zero-order valence-electron chi connectivity index (χ0n) is 25.4. The van der Waals surface area contributed by atoms with Crippen molar-refractivity contribution in [2.45, 2.75) is 142 Å². The van der Waals surface area contributed by atoms with Gasteiger partial charge in [0, 0.05) is 31.5 Å². The quantitative estimate of drug-likeness (QED) is 0.267. The van der Waals surface area contributed by atoms with Gasteiger partial charge in [-0.05, 0) is 111 Å². The number of ether oxygens (including phenoxy) is 2. The minimum atomic E-state index is -2.08. The molecule has 216 valence electrons. The maximum Gasteiger partial charge on any atom is 0.192 e. The number of hydrogen-bond donors (Lipinski definition) is 0. The molecule has 6 heteroatoms. The summed E-state index contributed by atoms with van der Waals surface area (Å²) in [6.07, 6.45) is 9.53. The van der Waals surface area contributed by atoms with E-state index in [1.165, 1.54) is 0 Å². The van der Waals surface area contributed by atoms with Crippen molar-refractivity contribution < 1.29 is 23.5 Å². The van der Waals surface area contributed by atoms with Gasteiger partial charge in [0.1, 0.15) is 11.6 Å². The van der Waals surface area contributed by atoms with Crippen LogP contribution in [0.2, 0.25) is 18.1 Å². The van der Waals surface area contributed by atoms with Gasteiger partial charge in [-0.15, -0.1) is 0 Å². The molecule has 5 fully saturated rings. The second-order valence-electron chi connectivity index (χ2n) is 15.7. The zero-order valence-corrected chi connectivity index (χ0v) is 26.4. The van der Waals surface area contributed by atoms with Crippen LogP contribution in [0.4, 0.5) is 0 Å². The van der Waals surface area contributed by atoms with Crippen LogP contribution in [0.15, 0.2) is 0 Å². The number of rotatable bonds is 5. The minimum Gasteiger partial charge on any atom is -0.414 e. The van der Waals surface area contributed by atoms with Crippen molar-refractivity contribution in [2.24, 2.45) is 40.4 Å². The van der Waals surface area contributed by atoms with E-state index in [4.69, 9.17) is 13.9 Å². The number of Topliss-reactive ketones (excluding diaryl/α,β-unsaturated/α-hetero) is 2. The van der Waals surface area contributed by atoms with Gasteiger partial charge in [0.05, 0.1) is 6.10 Å². The minimum absolute atomic E-state index is 0.0629. The van der Waals surface area contributed by atoms with E-state index in [2.05, 4.69) is 47.7 Å². The summed E-state index contributed by atoms with van der Waals surface area (Å²) in [4.78, 5) is 25.8. The van der Waals surface area contributed by atoms with Crippen molar-refractivity contribution >= 4 is 19.9 Å². The molecule has 0 spiro atoms. The second kappa shape index (κ2) is 10.1. The van der Waals surface area contributed by atoms with Gasteiger partial charge in [-0.3, -0.25) is 9.59 Å². The first-order chi connectivity index (χ1) is 17.7. The lowest BCUT2D eigenvalue weighted by Crippen LogP contribution is -2.65. The van der Waals surface area contributed by atoms with Crippen LogP contribution in [0.25, 0.3) is 0 Å². The van der Waals surface area contributed by atoms with Crippen LogP contribution >= 0.6 is 0 Å². The number of hydrogen-bond acceptors (Lipinski definition) is 5. The summed E-state index contributed by atoms with van der Waals surface area (Å²) in [6, 6.07) is 0. The molecule has 5 rings (SSSR count). The fourth-order valence-electron chi connectivity index (χ4n) is 9.55. The van der Waals surface area contributed by atoms with E-state index in [1.807, 2.05) is 6.92 Å². The highest BCUT2D eigenvalue weighted by Crippen LogP contribution is 2.68. The Balaban J connectivity index is 1.59. The first-order valence-corrected chi connectivity index (χ1v) is 18.6. The van der Waals surface area contributed by atoms with Gasteiger partial charge in [0.2, 0.25) is 0 Å². The molecule has 0 radical (unpaired) electrons. The molecule has 0 N–H and O–H groups in total. The van der Waals surface area contributed by atoms with Crippen LogP contribution in [0.3, 0.4) is 0 Å². The molecule has 5 nitrogen and oxygen atoms in total. The predicted octanol–water partition coefficient (Wildman–Crippen LogP) is 7.33. The third-order valence-electron chi connectivity index (χ3n) is 12.6. The highest BCUT2D eigenvalue weighted by molar-refractivity contribution is 6.74. The molecule has 0 bridgehead atoms. The van der Waals surface area contributed by atoms with Crippen molar-refractivity contribution in [1.82, 2.24) is 0 Å². The first kappa shape index (κ1) is 28.9. The molecule has 4 aliphatic carbocycles. The van der Waals surface area contributed by atoms with Crippen LogP contribution in [-0.2, 0) is 23.5 Å². The summed E-state index contributed by atoms with van der Waals surface area (Å²) in [6.45, 7) is 19.2. The Kier molecular flexibility index (Phi) is 7.66. The molecule has 10 atom stereocenters. The van der Waals surface area contributed by atoms with E-state index in [9.17, 15) is 9.59 Å². The standard InChI is InChI=1S/C32H54O5Si/c1-20(33)23-12-13-24-28-25(36-27-11-9-10-16-35-27)18-21-17-22(34)14-15-31(21,5)29(28)26(19-32(23,24)6)37-38(7,8)30(2,3)4/h21,23-29H,9-19H2,1-8H3/t21-,23?,24?,25+,26+,27?,28?,29?,31?,32?/m0/s1. The number of fused-ring (bicyclic) bond motifs is 5. The molecule has 1 aliphatic heterocycles. The van der Waals surface area contributed by atoms with Crippen molar-refractivity contribution in [2.75, 3.05) is 6.61 Å². The van der Waals surface area contributed by atoms with Crippen LogP contribution < -0.4 is 0 Å². The summed E-state index contributed by atoms with van der Waals surface area (Å²) in [5.41, 5.74) is -0.00270. The van der Waals surface area contributed by atoms with Crippen molar-refractivity contribution in [3.8, 4) is 0 Å². The topological polar surface area (TPSA) is 61.8 Å². The molecule has 1 saturated heterocycles. The predicted molar refractivity (Wildman–Crippen MR) is 152 cm³/mol. The molecule has 0 aromatic carbocycles. The summed E-state index contributed by atoms with van der Waals surface area (Å²) in [7, 11) is -2.08. The first-order valence-electron chi connectivity index (χ1n) is 15.6. The average Bonchev–Trinajstić information content (AvgIpc) is 3.16. The molecule has 4 saturated carbocycles. The Bertz CT molecular complexity index is 919. The Labute approximate surface area is 232 Å². The van der Waals surface area contributed by atoms with Gasteiger partial charge >= 0.3 is 0 Å². The zero-order chi connectivity index (χ0) is 27.7. The van der Waals surface area contributed by atoms with Gasteiger partial charge in [-0.1, -0.05) is 34.6 Å². The van der Waals surface area contributed by atoms with E-state index in [1.54, 1.807) is 0 Å². The maximum absolute atomic E-state index is 13.0. The fourth-order valence-corrected chi connectivity index (χ4v) is 10.9. The Hall–Kier alpha value is -0.563. The Morgan fingerprint density at radius 2 is 1.79 bits per heavy atom. The van der Waals surface area contributed by atoms with E-state index in [0.717, 1.165) is 58.0 Å². The van der Waals surface area contributed by atoms with Crippen LogP contribution in [0.1, 0.15) is 106 Å². The number of carbonyl (C=O) groups excluding carboxylic acids is 2. The third-order valence-corrected chi connectivity index (χ3v) is 17.1. The summed E-state index contributed by atoms with van der Waals surface area (Å²) >= 11 is 0. The highest BCUT2D eigenvalue weighted by Gasteiger charge is 2.67. The smallest absolute Gasteiger partial charge is 0.192 e. The second-order valence-corrected chi connectivity index (χ2v) is 20.5. The third kappa shape index (κ3) is 4.81. The number of carbonyl (C=O) groups is 2. The van der Waals surface area contributed by atoms with Crippen molar-refractivity contribution in [1.29, 1.82) is 0 Å². The largest absolute Gasteiger partial charge is 0.414 e. The molecule has 0 aromatic heterocycles. The van der Waals surface area contributed by atoms with E-state index < -0.39 is 8.32 Å². The molecular formula is C32H54O5Si. The van der Waals surface area contributed by atoms with Gasteiger partial charge < -0.3 is 13.9 Å². The fraction of sp³-hybridized carbons (Fsp3) is 0.938. The van der Waals surface area contributed by atoms with Crippen LogP contribution in [0.5, 0.6) is 0 Å². The molecule has 7 unspecified atom stereocenters. The van der Waals surface area contributed by atoms with Gasteiger partial charge in [0.15, 0.2) is 14.6 Å². The SMILES string of the molecule is CC(=O)C1CCC2C3C([C@H](O[Si](C)(C)C(C)(C)C)CC12C)C1(C)CCC(=O)C[C@H]1C[C@H]3OC1CCCCO1. The maximum atomic E-state index is 13.0. The lowest BCUT2D eigenvalue weighted by Gasteiger charge is -2.65. The number of ketones is 2. The monoisotopic (exact) mass is 546 g/mol. The molecule has 5 aliphatic rings. The Morgan fingerprint density at radius 3 is 2.42 bits per heavy atom. The van der Waals surface area contributed by atoms with Crippen LogP contribution in [0, 0.1) is 40.4 Å². The highest BCUT2D eigenvalue weighted by atomic mass is 28.4. The Morgan fingerprint density at radius 1 is 1.05 bits per heavy atom. The van der Waals surface area contributed by atoms with Crippen molar-refractivity contribution in [3.05, 3.63) is 0 Å². The van der Waals surface area contributed by atoms with E-state index >= 15 is 0 Å². The lowest BCUT2D eigenvalue weighted by atomic mass is 9.43. The molecule has 0 amide bonds. The summed E-state index contributed by atoms with van der Waals surface area (Å²) in [5, 5.41) is 0.110. The molecular weight excluding hydrogens is 492 g/mol. The average molecular weight is 547 g/mol. The summed E-state index contributed by atoms with van der Waals surface area (Å²) < 4.78 is 20.5.